The summed E-state index contributed by atoms with van der Waals surface area (Å²) in [4.78, 5) is 4.94. The summed E-state index contributed by atoms with van der Waals surface area (Å²) in [6.45, 7) is 3.32. The lowest BCUT2D eigenvalue weighted by atomic mass is 10.1. The van der Waals surface area contributed by atoms with Crippen LogP contribution < -0.4 is 5.32 Å². The van der Waals surface area contributed by atoms with Crippen LogP contribution in [0.3, 0.4) is 0 Å². The fourth-order valence-corrected chi connectivity index (χ4v) is 2.52. The first-order valence-electron chi connectivity index (χ1n) is 5.93. The molecule has 7 heteroatoms. The van der Waals surface area contributed by atoms with Crippen LogP contribution in [0.5, 0.6) is 0 Å². The topological polar surface area (TPSA) is 24.9 Å². The lowest BCUT2D eigenvalue weighted by Gasteiger charge is -2.08. The van der Waals surface area contributed by atoms with E-state index in [1.165, 1.54) is 11.3 Å². The SMILES string of the molecule is CCNCc1cnc(-c2cc(F)cc(C(F)(F)F)c2)s1. The Hall–Kier alpha value is -1.47. The highest BCUT2D eigenvalue weighted by molar-refractivity contribution is 7.15. The van der Waals surface area contributed by atoms with Gasteiger partial charge in [0.05, 0.1) is 5.56 Å². The number of nitrogens with one attached hydrogen (secondary N) is 1. The molecule has 2 rings (SSSR count). The van der Waals surface area contributed by atoms with Crippen molar-refractivity contribution < 1.29 is 17.6 Å². The van der Waals surface area contributed by atoms with Crippen LogP contribution in [0.25, 0.3) is 10.6 Å². The second-order valence-corrected chi connectivity index (χ2v) is 5.25. The predicted octanol–water partition coefficient (Wildman–Crippen LogP) is 4.08. The van der Waals surface area contributed by atoms with Gasteiger partial charge in [0.2, 0.25) is 0 Å². The number of benzene rings is 1. The van der Waals surface area contributed by atoms with Gasteiger partial charge in [-0.1, -0.05) is 6.92 Å². The average molecular weight is 304 g/mol. The van der Waals surface area contributed by atoms with Crippen molar-refractivity contribution in [3.05, 3.63) is 40.7 Å². The van der Waals surface area contributed by atoms with Crippen molar-refractivity contribution in [3.63, 3.8) is 0 Å². The van der Waals surface area contributed by atoms with Gasteiger partial charge >= 0.3 is 6.18 Å². The number of alkyl halides is 3. The molecular weight excluding hydrogens is 292 g/mol. The van der Waals surface area contributed by atoms with Crippen molar-refractivity contribution in [1.82, 2.24) is 10.3 Å². The summed E-state index contributed by atoms with van der Waals surface area (Å²) < 4.78 is 51.2. The molecule has 0 atom stereocenters. The summed E-state index contributed by atoms with van der Waals surface area (Å²) in [5, 5.41) is 3.47. The highest BCUT2D eigenvalue weighted by atomic mass is 32.1. The molecule has 0 saturated heterocycles. The molecule has 1 heterocycles. The van der Waals surface area contributed by atoms with Gasteiger partial charge in [0.15, 0.2) is 0 Å². The molecule has 2 nitrogen and oxygen atoms in total. The van der Waals surface area contributed by atoms with Crippen LogP contribution in [0.1, 0.15) is 17.4 Å². The van der Waals surface area contributed by atoms with Crippen LogP contribution in [0, 0.1) is 5.82 Å². The van der Waals surface area contributed by atoms with E-state index in [0.717, 1.165) is 23.6 Å². The first-order valence-corrected chi connectivity index (χ1v) is 6.75. The predicted molar refractivity (Wildman–Crippen MR) is 69.9 cm³/mol. The van der Waals surface area contributed by atoms with E-state index in [9.17, 15) is 17.6 Å². The molecule has 0 aliphatic carbocycles. The van der Waals surface area contributed by atoms with Crippen molar-refractivity contribution in [1.29, 1.82) is 0 Å². The Kier molecular flexibility index (Phi) is 4.39. The number of halogens is 4. The zero-order valence-electron chi connectivity index (χ0n) is 10.6. The molecule has 0 aliphatic heterocycles. The molecule has 20 heavy (non-hydrogen) atoms. The normalized spacial score (nSPS) is 11.8. The Balaban J connectivity index is 2.32. The van der Waals surface area contributed by atoms with E-state index >= 15 is 0 Å². The van der Waals surface area contributed by atoms with E-state index in [1.54, 1.807) is 6.20 Å². The smallest absolute Gasteiger partial charge is 0.312 e. The van der Waals surface area contributed by atoms with Crippen LogP contribution in [-0.2, 0) is 12.7 Å². The monoisotopic (exact) mass is 304 g/mol. The van der Waals surface area contributed by atoms with E-state index in [-0.39, 0.29) is 5.56 Å². The van der Waals surface area contributed by atoms with Gasteiger partial charge in [0.1, 0.15) is 10.8 Å². The Morgan fingerprint density at radius 3 is 2.65 bits per heavy atom. The number of nitrogens with zero attached hydrogens (tertiary/aromatic N) is 1. The Labute approximate surface area is 117 Å². The molecule has 1 aromatic carbocycles. The van der Waals surface area contributed by atoms with Crippen molar-refractivity contribution in [2.75, 3.05) is 6.54 Å². The number of aromatic nitrogens is 1. The van der Waals surface area contributed by atoms with Gasteiger partial charge < -0.3 is 5.32 Å². The molecule has 2 aromatic rings. The van der Waals surface area contributed by atoms with Crippen LogP contribution in [0.2, 0.25) is 0 Å². The number of thiazole rings is 1. The average Bonchev–Trinajstić information content (AvgIpc) is 2.83. The zero-order chi connectivity index (χ0) is 14.8. The van der Waals surface area contributed by atoms with E-state index in [4.69, 9.17) is 0 Å². The van der Waals surface area contributed by atoms with E-state index in [0.29, 0.717) is 17.6 Å². The standard InChI is InChI=1S/C13H12F4N2S/c1-2-18-6-11-7-19-12(20-11)8-3-9(13(15,16)17)5-10(14)4-8/h3-5,7,18H,2,6H2,1H3. The summed E-state index contributed by atoms with van der Waals surface area (Å²) in [6, 6.07) is 2.46. The third-order valence-corrected chi connectivity index (χ3v) is 3.62. The van der Waals surface area contributed by atoms with E-state index in [2.05, 4.69) is 10.3 Å². The largest absolute Gasteiger partial charge is 0.416 e. The van der Waals surface area contributed by atoms with E-state index < -0.39 is 17.6 Å². The number of rotatable bonds is 4. The molecule has 0 spiro atoms. The van der Waals surface area contributed by atoms with Crippen LogP contribution >= 0.6 is 11.3 Å². The molecule has 0 amide bonds. The molecule has 0 aliphatic rings. The summed E-state index contributed by atoms with van der Waals surface area (Å²) in [5.41, 5.74) is -0.860. The lowest BCUT2D eigenvalue weighted by molar-refractivity contribution is -0.137. The molecule has 1 aromatic heterocycles. The fourth-order valence-electron chi connectivity index (χ4n) is 1.65. The second kappa shape index (κ2) is 5.88. The first kappa shape index (κ1) is 14.9. The number of hydrogen-bond acceptors (Lipinski definition) is 3. The summed E-state index contributed by atoms with van der Waals surface area (Å²) >= 11 is 1.25. The minimum Gasteiger partial charge on any atom is -0.312 e. The van der Waals surface area contributed by atoms with Gasteiger partial charge in [-0.2, -0.15) is 13.2 Å². The molecule has 1 N–H and O–H groups in total. The maximum absolute atomic E-state index is 13.3. The minimum absolute atomic E-state index is 0.144. The molecular formula is C13H12F4N2S. The summed E-state index contributed by atoms with van der Waals surface area (Å²) in [5.74, 6) is -0.918. The van der Waals surface area contributed by atoms with Crippen molar-refractivity contribution in [3.8, 4) is 10.6 Å². The van der Waals surface area contributed by atoms with Gasteiger partial charge in [0, 0.05) is 23.2 Å². The van der Waals surface area contributed by atoms with Gasteiger partial charge in [-0.3, -0.25) is 0 Å². The highest BCUT2D eigenvalue weighted by Crippen LogP contribution is 2.34. The van der Waals surface area contributed by atoms with Crippen LogP contribution in [0.4, 0.5) is 17.6 Å². The van der Waals surface area contributed by atoms with E-state index in [1.807, 2.05) is 6.92 Å². The van der Waals surface area contributed by atoms with Crippen LogP contribution in [-0.4, -0.2) is 11.5 Å². The Morgan fingerprint density at radius 2 is 2.00 bits per heavy atom. The molecule has 0 fully saturated rings. The fraction of sp³-hybridized carbons (Fsp3) is 0.308. The summed E-state index contributed by atoms with van der Waals surface area (Å²) in [7, 11) is 0. The highest BCUT2D eigenvalue weighted by Gasteiger charge is 2.31. The summed E-state index contributed by atoms with van der Waals surface area (Å²) in [6.07, 6.45) is -2.98. The minimum atomic E-state index is -4.57. The van der Waals surface area contributed by atoms with Gasteiger partial charge in [-0.15, -0.1) is 11.3 Å². The molecule has 0 unspecified atom stereocenters. The maximum atomic E-state index is 13.3. The van der Waals surface area contributed by atoms with Crippen molar-refractivity contribution >= 4 is 11.3 Å². The Morgan fingerprint density at radius 1 is 1.25 bits per heavy atom. The molecule has 0 saturated carbocycles. The number of hydrogen-bond donors (Lipinski definition) is 1. The molecule has 108 valence electrons. The third kappa shape index (κ3) is 3.55. The lowest BCUT2D eigenvalue weighted by Crippen LogP contribution is -2.10. The molecule has 0 bridgehead atoms. The van der Waals surface area contributed by atoms with Crippen molar-refractivity contribution in [2.45, 2.75) is 19.6 Å². The maximum Gasteiger partial charge on any atom is 0.416 e. The van der Waals surface area contributed by atoms with Gasteiger partial charge in [-0.05, 0) is 24.7 Å². The van der Waals surface area contributed by atoms with Crippen molar-refractivity contribution in [2.24, 2.45) is 0 Å². The van der Waals surface area contributed by atoms with Crippen LogP contribution in [0.15, 0.2) is 24.4 Å². The first-order chi connectivity index (χ1) is 9.40. The second-order valence-electron chi connectivity index (χ2n) is 4.14. The van der Waals surface area contributed by atoms with Gasteiger partial charge in [-0.25, -0.2) is 9.37 Å². The zero-order valence-corrected chi connectivity index (χ0v) is 11.4. The Bertz CT molecular complexity index is 592. The third-order valence-electron chi connectivity index (χ3n) is 2.57. The molecule has 0 radical (unpaired) electrons. The van der Waals surface area contributed by atoms with Gasteiger partial charge in [0.25, 0.3) is 0 Å². The quantitative estimate of drug-likeness (QED) is 0.861.